The third-order valence-corrected chi connectivity index (χ3v) is 6.83. The van der Waals surface area contributed by atoms with E-state index in [0.29, 0.717) is 11.3 Å². The second-order valence-electron chi connectivity index (χ2n) is 9.17. The van der Waals surface area contributed by atoms with E-state index < -0.39 is 34.7 Å². The summed E-state index contributed by atoms with van der Waals surface area (Å²) in [4.78, 5) is 40.2. The third-order valence-electron chi connectivity index (χ3n) is 6.83. The summed E-state index contributed by atoms with van der Waals surface area (Å²) in [5.74, 6) is -2.21. The van der Waals surface area contributed by atoms with Gasteiger partial charge in [0.1, 0.15) is 5.82 Å². The number of amides is 1. The van der Waals surface area contributed by atoms with Crippen LogP contribution in [0.25, 0.3) is 0 Å². The average Bonchev–Trinajstić information content (AvgIpc) is 3.10. The Morgan fingerprint density at radius 1 is 1.08 bits per heavy atom. The first kappa shape index (κ1) is 26.3. The normalized spacial score (nSPS) is 23.1. The number of hydrogen-bond acceptors (Lipinski definition) is 6. The van der Waals surface area contributed by atoms with Crippen molar-refractivity contribution < 1.29 is 33.4 Å². The fraction of sp³-hybridized carbons (Fsp3) is 0.345. The number of aliphatic hydroxyl groups is 1. The number of carbonyl (C=O) groups is 3. The van der Waals surface area contributed by atoms with Crippen molar-refractivity contribution in [2.45, 2.75) is 45.3 Å². The molecule has 0 saturated heterocycles. The van der Waals surface area contributed by atoms with Gasteiger partial charge in [-0.1, -0.05) is 42.5 Å². The van der Waals surface area contributed by atoms with E-state index in [2.05, 4.69) is 0 Å². The van der Waals surface area contributed by atoms with Crippen LogP contribution in [0, 0.1) is 11.2 Å². The van der Waals surface area contributed by atoms with Crippen LogP contribution in [-0.2, 0) is 36.0 Å². The highest BCUT2D eigenvalue weighted by molar-refractivity contribution is 6.08. The maximum absolute atomic E-state index is 14.3. The number of anilines is 1. The van der Waals surface area contributed by atoms with Crippen molar-refractivity contribution in [2.75, 3.05) is 18.1 Å². The lowest BCUT2D eigenvalue weighted by Crippen LogP contribution is -2.40. The van der Waals surface area contributed by atoms with Gasteiger partial charge in [0.05, 0.1) is 30.9 Å². The molecule has 2 aromatic rings. The molecular formula is C29H30FNO6. The summed E-state index contributed by atoms with van der Waals surface area (Å²) >= 11 is 0. The molecule has 2 atom stereocenters. The van der Waals surface area contributed by atoms with Crippen molar-refractivity contribution in [1.82, 2.24) is 0 Å². The van der Waals surface area contributed by atoms with E-state index >= 15 is 0 Å². The van der Waals surface area contributed by atoms with Gasteiger partial charge in [0.15, 0.2) is 5.60 Å². The number of nitrogens with zero attached hydrogens (tertiary/aromatic N) is 1. The standard InChI is InChI=1S/C29H30FNO6/c1-3-36-25(32)21-12-14-28(15-13-21,27(34)37-4-2)16-17-29(35)23-18-22(30)10-11-24(23)31(26(29)33)19-20-8-6-5-7-9-20/h5-12,16-18,35H,3-4,13-15,19H2,1-2H3/b17-16+. The lowest BCUT2D eigenvalue weighted by molar-refractivity contribution is -0.153. The molecule has 2 aliphatic rings. The van der Waals surface area contributed by atoms with Gasteiger partial charge in [0.25, 0.3) is 5.91 Å². The first-order valence-corrected chi connectivity index (χ1v) is 12.4. The molecule has 37 heavy (non-hydrogen) atoms. The topological polar surface area (TPSA) is 93.1 Å². The van der Waals surface area contributed by atoms with Crippen LogP contribution < -0.4 is 4.90 Å². The molecule has 2 aromatic carbocycles. The minimum Gasteiger partial charge on any atom is -0.465 e. The number of esters is 2. The van der Waals surface area contributed by atoms with Gasteiger partial charge in [-0.3, -0.25) is 9.59 Å². The number of allylic oxidation sites excluding steroid dienone is 1. The van der Waals surface area contributed by atoms with Crippen LogP contribution in [0.15, 0.2) is 72.3 Å². The van der Waals surface area contributed by atoms with Crippen molar-refractivity contribution in [1.29, 1.82) is 0 Å². The summed E-state index contributed by atoms with van der Waals surface area (Å²) in [7, 11) is 0. The van der Waals surface area contributed by atoms with Gasteiger partial charge >= 0.3 is 11.9 Å². The van der Waals surface area contributed by atoms with Crippen LogP contribution in [0.3, 0.4) is 0 Å². The molecule has 4 rings (SSSR count). The smallest absolute Gasteiger partial charge is 0.333 e. The van der Waals surface area contributed by atoms with Gasteiger partial charge in [-0.15, -0.1) is 0 Å². The molecule has 8 heteroatoms. The molecule has 0 spiro atoms. The molecule has 0 bridgehead atoms. The fourth-order valence-electron chi connectivity index (χ4n) is 4.80. The van der Waals surface area contributed by atoms with E-state index in [1.165, 1.54) is 29.2 Å². The zero-order chi connectivity index (χ0) is 26.6. The summed E-state index contributed by atoms with van der Waals surface area (Å²) in [6.07, 6.45) is 4.99. The average molecular weight is 508 g/mol. The van der Waals surface area contributed by atoms with Crippen molar-refractivity contribution in [3.8, 4) is 0 Å². The van der Waals surface area contributed by atoms with Gasteiger partial charge in [-0.05, 0) is 62.9 Å². The van der Waals surface area contributed by atoms with Gasteiger partial charge < -0.3 is 19.5 Å². The Morgan fingerprint density at radius 3 is 2.46 bits per heavy atom. The summed E-state index contributed by atoms with van der Waals surface area (Å²) in [6, 6.07) is 13.1. The SMILES string of the molecule is CCOC(=O)C1=CCC(/C=C/C2(O)C(=O)N(Cc3ccccc3)c3ccc(F)cc32)(C(=O)OCC)CC1. The number of benzene rings is 2. The Morgan fingerprint density at radius 2 is 1.81 bits per heavy atom. The summed E-state index contributed by atoms with van der Waals surface area (Å²) in [5.41, 5.74) is -1.60. The predicted octanol–water partition coefficient (Wildman–Crippen LogP) is 4.34. The van der Waals surface area contributed by atoms with Crippen LogP contribution in [0.5, 0.6) is 0 Å². The van der Waals surface area contributed by atoms with E-state index in [-0.39, 0.29) is 44.6 Å². The quantitative estimate of drug-likeness (QED) is 0.422. The first-order chi connectivity index (χ1) is 17.7. The highest BCUT2D eigenvalue weighted by atomic mass is 19.1. The predicted molar refractivity (Wildman–Crippen MR) is 135 cm³/mol. The lowest BCUT2D eigenvalue weighted by atomic mass is 9.73. The van der Waals surface area contributed by atoms with Gasteiger partial charge in [0.2, 0.25) is 0 Å². The van der Waals surface area contributed by atoms with Crippen LogP contribution in [0.2, 0.25) is 0 Å². The molecule has 7 nitrogen and oxygen atoms in total. The first-order valence-electron chi connectivity index (χ1n) is 12.4. The van der Waals surface area contributed by atoms with E-state index in [1.807, 2.05) is 30.3 Å². The molecule has 0 saturated carbocycles. The zero-order valence-corrected chi connectivity index (χ0v) is 20.9. The second-order valence-corrected chi connectivity index (χ2v) is 9.17. The number of ether oxygens (including phenoxy) is 2. The molecule has 1 N–H and O–H groups in total. The number of halogens is 1. The minimum atomic E-state index is -2.18. The molecule has 0 aromatic heterocycles. The highest BCUT2D eigenvalue weighted by Gasteiger charge is 2.50. The number of fused-ring (bicyclic) bond motifs is 1. The second kappa shape index (κ2) is 10.7. The lowest BCUT2D eigenvalue weighted by Gasteiger charge is -2.32. The number of carbonyl (C=O) groups excluding carboxylic acids is 3. The summed E-state index contributed by atoms with van der Waals surface area (Å²) in [5, 5.41) is 11.7. The van der Waals surface area contributed by atoms with Crippen molar-refractivity contribution in [2.24, 2.45) is 5.41 Å². The monoisotopic (exact) mass is 507 g/mol. The van der Waals surface area contributed by atoms with Crippen LogP contribution in [-0.4, -0.2) is 36.2 Å². The molecule has 1 amide bonds. The van der Waals surface area contributed by atoms with Gasteiger partial charge in [-0.25, -0.2) is 9.18 Å². The van der Waals surface area contributed by atoms with E-state index in [9.17, 15) is 23.9 Å². The van der Waals surface area contributed by atoms with Gasteiger partial charge in [-0.2, -0.15) is 0 Å². The van der Waals surface area contributed by atoms with Gasteiger partial charge in [0, 0.05) is 11.1 Å². The molecule has 194 valence electrons. The maximum Gasteiger partial charge on any atom is 0.333 e. The summed E-state index contributed by atoms with van der Waals surface area (Å²) < 4.78 is 24.7. The molecule has 0 radical (unpaired) electrons. The zero-order valence-electron chi connectivity index (χ0n) is 20.9. The Kier molecular flexibility index (Phi) is 7.59. The van der Waals surface area contributed by atoms with Crippen LogP contribution in [0.4, 0.5) is 10.1 Å². The van der Waals surface area contributed by atoms with Crippen LogP contribution in [0.1, 0.15) is 44.2 Å². The Labute approximate surface area is 215 Å². The Hall–Kier alpha value is -3.78. The molecular weight excluding hydrogens is 477 g/mol. The van der Waals surface area contributed by atoms with Crippen molar-refractivity contribution >= 4 is 23.5 Å². The fourth-order valence-corrected chi connectivity index (χ4v) is 4.80. The van der Waals surface area contributed by atoms with E-state index in [4.69, 9.17) is 9.47 Å². The van der Waals surface area contributed by atoms with Crippen molar-refractivity contribution in [3.63, 3.8) is 0 Å². The summed E-state index contributed by atoms with van der Waals surface area (Å²) in [6.45, 7) is 3.97. The number of hydrogen-bond donors (Lipinski definition) is 1. The maximum atomic E-state index is 14.3. The molecule has 1 aliphatic carbocycles. The Balaban J connectivity index is 1.71. The molecule has 1 heterocycles. The van der Waals surface area contributed by atoms with Crippen LogP contribution >= 0.6 is 0 Å². The Bertz CT molecular complexity index is 1260. The molecule has 0 fully saturated rings. The molecule has 1 aliphatic heterocycles. The van der Waals surface area contributed by atoms with Crippen molar-refractivity contribution in [3.05, 3.63) is 89.3 Å². The molecule has 2 unspecified atom stereocenters. The minimum absolute atomic E-state index is 0.0993. The van der Waals surface area contributed by atoms with E-state index in [1.54, 1.807) is 19.9 Å². The highest BCUT2D eigenvalue weighted by Crippen LogP contribution is 2.45. The largest absolute Gasteiger partial charge is 0.465 e. The van der Waals surface area contributed by atoms with E-state index in [0.717, 1.165) is 11.6 Å². The third kappa shape index (κ3) is 5.06. The number of rotatable bonds is 8.